The zero-order valence-electron chi connectivity index (χ0n) is 5.62. The number of nitrogens with zero attached hydrogens (tertiary/aromatic N) is 2. The van der Waals surface area contributed by atoms with Crippen molar-refractivity contribution in [3.63, 3.8) is 0 Å². The summed E-state index contributed by atoms with van der Waals surface area (Å²) >= 11 is 0. The Morgan fingerprint density at radius 1 is 1.70 bits per heavy atom. The van der Waals surface area contributed by atoms with Crippen molar-refractivity contribution in [1.82, 2.24) is 0 Å². The highest BCUT2D eigenvalue weighted by Crippen LogP contribution is 2.06. The molecule has 0 fully saturated rings. The Morgan fingerprint density at radius 3 is 3.10 bits per heavy atom. The summed E-state index contributed by atoms with van der Waals surface area (Å²) in [6, 6.07) is 0. The van der Waals surface area contributed by atoms with E-state index in [0.717, 1.165) is 5.57 Å². The van der Waals surface area contributed by atoms with Crippen LogP contribution in [-0.2, 0) is 0 Å². The Kier molecular flexibility index (Phi) is 1.98. The molecule has 1 aliphatic carbocycles. The first-order valence-corrected chi connectivity index (χ1v) is 3.08. The zero-order chi connectivity index (χ0) is 7.40. The van der Waals surface area contributed by atoms with Crippen molar-refractivity contribution in [2.75, 3.05) is 0 Å². The van der Waals surface area contributed by atoms with Crippen LogP contribution in [0, 0.1) is 0 Å². The van der Waals surface area contributed by atoms with Crippen LogP contribution in [-0.4, -0.2) is 10.5 Å². The highest BCUT2D eigenvalue weighted by atomic mass is 14.8. The Balaban J connectivity index is 2.94. The molecule has 2 nitrogen and oxygen atoms in total. The fourth-order valence-electron chi connectivity index (χ4n) is 0.812. The molecule has 0 amide bonds. The van der Waals surface area contributed by atoms with Crippen molar-refractivity contribution in [1.29, 1.82) is 0 Å². The molecule has 0 aromatic carbocycles. The number of hydrogen-bond donors (Lipinski definition) is 0. The maximum absolute atomic E-state index is 8.38. The van der Waals surface area contributed by atoms with E-state index in [4.69, 9.17) is 5.53 Å². The molecule has 0 unspecified atom stereocenters. The molecule has 0 aromatic heterocycles. The van der Waals surface area contributed by atoms with Crippen molar-refractivity contribution >= 4 is 5.71 Å². The molecule has 0 saturated carbocycles. The van der Waals surface area contributed by atoms with Crippen molar-refractivity contribution in [2.24, 2.45) is 0 Å². The van der Waals surface area contributed by atoms with E-state index < -0.39 is 0 Å². The van der Waals surface area contributed by atoms with Crippen LogP contribution in [0.4, 0.5) is 0 Å². The van der Waals surface area contributed by atoms with Gasteiger partial charge in [-0.2, -0.15) is 4.79 Å². The molecule has 0 saturated heterocycles. The SMILES string of the molecule is C=CC1=CC(=[N+]=[N-])CC=C1. The van der Waals surface area contributed by atoms with Gasteiger partial charge in [0, 0.05) is 6.08 Å². The number of hydrogen-bond acceptors (Lipinski definition) is 0. The Labute approximate surface area is 59.8 Å². The molecule has 0 N–H and O–H groups in total. The van der Waals surface area contributed by atoms with Crippen molar-refractivity contribution in [2.45, 2.75) is 6.42 Å². The molecule has 0 atom stereocenters. The third kappa shape index (κ3) is 1.30. The third-order valence-electron chi connectivity index (χ3n) is 1.33. The van der Waals surface area contributed by atoms with Gasteiger partial charge in [-0.25, -0.2) is 0 Å². The van der Waals surface area contributed by atoms with Gasteiger partial charge < -0.3 is 5.53 Å². The molecule has 0 bridgehead atoms. The quantitative estimate of drug-likeness (QED) is 0.385. The minimum Gasteiger partial charge on any atom is -0.361 e. The van der Waals surface area contributed by atoms with Gasteiger partial charge in [0.15, 0.2) is 0 Å². The van der Waals surface area contributed by atoms with Crippen molar-refractivity contribution in [3.8, 4) is 0 Å². The van der Waals surface area contributed by atoms with E-state index in [1.54, 1.807) is 12.2 Å². The maximum atomic E-state index is 8.38. The van der Waals surface area contributed by atoms with E-state index in [0.29, 0.717) is 12.1 Å². The van der Waals surface area contributed by atoms with Crippen LogP contribution >= 0.6 is 0 Å². The molecule has 50 valence electrons. The highest BCUT2D eigenvalue weighted by Gasteiger charge is 2.05. The van der Waals surface area contributed by atoms with Gasteiger partial charge in [0.1, 0.15) is 0 Å². The van der Waals surface area contributed by atoms with Crippen LogP contribution in [0.15, 0.2) is 36.5 Å². The van der Waals surface area contributed by atoms with Gasteiger partial charge >= 0.3 is 0 Å². The van der Waals surface area contributed by atoms with Crippen LogP contribution < -0.4 is 0 Å². The summed E-state index contributed by atoms with van der Waals surface area (Å²) in [5.74, 6) is 0. The molecule has 0 aromatic rings. The monoisotopic (exact) mass is 132 g/mol. The van der Waals surface area contributed by atoms with Crippen molar-refractivity contribution in [3.05, 3.63) is 42.0 Å². The molecule has 0 radical (unpaired) electrons. The number of rotatable bonds is 1. The standard InChI is InChI=1S/C8H8N2/c1-2-7-4-3-5-8(6-7)10-9/h2-4,6H,1,5H2. The molecule has 0 aliphatic heterocycles. The topological polar surface area (TPSA) is 36.4 Å². The summed E-state index contributed by atoms with van der Waals surface area (Å²) in [5, 5.41) is 0. The van der Waals surface area contributed by atoms with Crippen LogP contribution in [0.2, 0.25) is 0 Å². The van der Waals surface area contributed by atoms with Crippen LogP contribution in [0.1, 0.15) is 6.42 Å². The number of allylic oxidation sites excluding steroid dienone is 5. The van der Waals surface area contributed by atoms with Gasteiger partial charge in [0.2, 0.25) is 0 Å². The molecule has 1 aliphatic rings. The van der Waals surface area contributed by atoms with Gasteiger partial charge in [-0.1, -0.05) is 24.8 Å². The lowest BCUT2D eigenvalue weighted by molar-refractivity contribution is -0.00541. The van der Waals surface area contributed by atoms with Gasteiger partial charge in [-0.3, -0.25) is 0 Å². The smallest absolute Gasteiger partial charge is 0.296 e. The van der Waals surface area contributed by atoms with Gasteiger partial charge in [0.25, 0.3) is 5.71 Å². The van der Waals surface area contributed by atoms with Crippen molar-refractivity contribution < 1.29 is 4.79 Å². The zero-order valence-corrected chi connectivity index (χ0v) is 5.62. The molecular formula is C8H8N2. The summed E-state index contributed by atoms with van der Waals surface area (Å²) < 4.78 is 0. The second-order valence-corrected chi connectivity index (χ2v) is 2.05. The fourth-order valence-corrected chi connectivity index (χ4v) is 0.812. The molecule has 1 rings (SSSR count). The highest BCUT2D eigenvalue weighted by molar-refractivity contribution is 5.94. The summed E-state index contributed by atoms with van der Waals surface area (Å²) in [4.78, 5) is 3.09. The van der Waals surface area contributed by atoms with Crippen LogP contribution in [0.25, 0.3) is 5.53 Å². The first kappa shape index (κ1) is 6.72. The summed E-state index contributed by atoms with van der Waals surface area (Å²) in [6.45, 7) is 3.60. The van der Waals surface area contributed by atoms with E-state index >= 15 is 0 Å². The van der Waals surface area contributed by atoms with Crippen LogP contribution in [0.5, 0.6) is 0 Å². The summed E-state index contributed by atoms with van der Waals surface area (Å²) in [5.41, 5.74) is 10.0. The average Bonchev–Trinajstić information content (AvgIpc) is 2.05. The normalized spacial score (nSPS) is 16.0. The molecular weight excluding hydrogens is 124 g/mol. The average molecular weight is 132 g/mol. The first-order valence-electron chi connectivity index (χ1n) is 3.08. The van der Waals surface area contributed by atoms with Gasteiger partial charge in [0.05, 0.1) is 6.42 Å². The van der Waals surface area contributed by atoms with Crippen LogP contribution in [0.3, 0.4) is 0 Å². The fraction of sp³-hybridized carbons (Fsp3) is 0.125. The first-order chi connectivity index (χ1) is 4.86. The Bertz CT molecular complexity index is 252. The second-order valence-electron chi connectivity index (χ2n) is 2.05. The predicted molar refractivity (Wildman–Crippen MR) is 40.7 cm³/mol. The van der Waals surface area contributed by atoms with E-state index in [-0.39, 0.29) is 0 Å². The maximum Gasteiger partial charge on any atom is 0.296 e. The van der Waals surface area contributed by atoms with E-state index in [9.17, 15) is 0 Å². The predicted octanol–water partition coefficient (Wildman–Crippen LogP) is 1.73. The second kappa shape index (κ2) is 2.95. The third-order valence-corrected chi connectivity index (χ3v) is 1.33. The largest absolute Gasteiger partial charge is 0.361 e. The molecule has 0 spiro atoms. The Morgan fingerprint density at radius 2 is 2.50 bits per heavy atom. The Hall–Kier alpha value is -1.40. The van der Waals surface area contributed by atoms with Gasteiger partial charge in [-0.05, 0) is 5.57 Å². The minimum atomic E-state index is 0.678. The minimum absolute atomic E-state index is 0.678. The molecule has 0 heterocycles. The lowest BCUT2D eigenvalue weighted by Crippen LogP contribution is -1.97. The lowest BCUT2D eigenvalue weighted by atomic mass is 10.1. The molecule has 10 heavy (non-hydrogen) atoms. The lowest BCUT2D eigenvalue weighted by Gasteiger charge is -1.95. The molecule has 2 heteroatoms. The van der Waals surface area contributed by atoms with Gasteiger partial charge in [-0.15, -0.1) is 0 Å². The van der Waals surface area contributed by atoms with E-state index in [1.165, 1.54) is 0 Å². The van der Waals surface area contributed by atoms with E-state index in [1.807, 2.05) is 12.2 Å². The summed E-state index contributed by atoms with van der Waals surface area (Å²) in [6.07, 6.45) is 8.11. The van der Waals surface area contributed by atoms with E-state index in [2.05, 4.69) is 11.4 Å². The summed E-state index contributed by atoms with van der Waals surface area (Å²) in [7, 11) is 0.